The Labute approximate surface area is 103 Å². The molecule has 17 heavy (non-hydrogen) atoms. The smallest absolute Gasteiger partial charge is 0.309 e. The first kappa shape index (κ1) is 14.0. The molecule has 4 heteroatoms. The Morgan fingerprint density at radius 3 is 2.35 bits per heavy atom. The molecule has 0 atom stereocenters. The Morgan fingerprint density at radius 2 is 1.88 bits per heavy atom. The van der Waals surface area contributed by atoms with Gasteiger partial charge < -0.3 is 9.64 Å². The second kappa shape index (κ2) is 6.62. The van der Waals surface area contributed by atoms with Crippen LogP contribution in [0.25, 0.3) is 0 Å². The van der Waals surface area contributed by atoms with E-state index in [2.05, 4.69) is 13.8 Å². The van der Waals surface area contributed by atoms with E-state index < -0.39 is 0 Å². The molecule has 0 saturated carbocycles. The SMILES string of the molecule is CC(=O)N1CCC(C(=O)OCCC(C)C)CC1. The standard InChI is InChI=1S/C13H23NO3/c1-10(2)6-9-17-13(16)12-4-7-14(8-5-12)11(3)15/h10,12H,4-9H2,1-3H3. The first-order valence-electron chi connectivity index (χ1n) is 6.43. The number of ether oxygens (including phenoxy) is 1. The molecule has 1 aliphatic rings. The highest BCUT2D eigenvalue weighted by atomic mass is 16.5. The van der Waals surface area contributed by atoms with Crippen LogP contribution in [0.2, 0.25) is 0 Å². The Kier molecular flexibility index (Phi) is 5.45. The lowest BCUT2D eigenvalue weighted by Crippen LogP contribution is -2.39. The van der Waals surface area contributed by atoms with Crippen molar-refractivity contribution in [3.05, 3.63) is 0 Å². The van der Waals surface area contributed by atoms with Crippen LogP contribution in [0, 0.1) is 11.8 Å². The summed E-state index contributed by atoms with van der Waals surface area (Å²) in [5.41, 5.74) is 0. The third kappa shape index (κ3) is 4.75. The fraction of sp³-hybridized carbons (Fsp3) is 0.846. The number of piperidine rings is 1. The molecule has 0 spiro atoms. The summed E-state index contributed by atoms with van der Waals surface area (Å²) in [6, 6.07) is 0. The van der Waals surface area contributed by atoms with Crippen LogP contribution in [0.4, 0.5) is 0 Å². The van der Waals surface area contributed by atoms with Gasteiger partial charge in [0.1, 0.15) is 0 Å². The summed E-state index contributed by atoms with van der Waals surface area (Å²) in [5.74, 6) is 0.547. The minimum atomic E-state index is -0.0890. The second-order valence-electron chi connectivity index (χ2n) is 5.13. The molecule has 0 radical (unpaired) electrons. The Hall–Kier alpha value is -1.06. The predicted octanol–water partition coefficient (Wildman–Crippen LogP) is 1.83. The van der Waals surface area contributed by atoms with E-state index in [-0.39, 0.29) is 17.8 Å². The first-order valence-corrected chi connectivity index (χ1v) is 6.43. The number of nitrogens with zero attached hydrogens (tertiary/aromatic N) is 1. The van der Waals surface area contributed by atoms with Gasteiger partial charge in [0.2, 0.25) is 5.91 Å². The van der Waals surface area contributed by atoms with E-state index in [1.807, 2.05) is 0 Å². The molecule has 1 fully saturated rings. The highest BCUT2D eigenvalue weighted by molar-refractivity contribution is 5.75. The average molecular weight is 241 g/mol. The van der Waals surface area contributed by atoms with Crippen molar-refractivity contribution >= 4 is 11.9 Å². The van der Waals surface area contributed by atoms with Gasteiger partial charge in [-0.2, -0.15) is 0 Å². The van der Waals surface area contributed by atoms with Crippen molar-refractivity contribution in [2.75, 3.05) is 19.7 Å². The topological polar surface area (TPSA) is 46.6 Å². The van der Waals surface area contributed by atoms with Crippen molar-refractivity contribution < 1.29 is 14.3 Å². The highest BCUT2D eigenvalue weighted by Crippen LogP contribution is 2.18. The van der Waals surface area contributed by atoms with Crippen LogP contribution in [-0.2, 0) is 14.3 Å². The summed E-state index contributed by atoms with van der Waals surface area (Å²) >= 11 is 0. The van der Waals surface area contributed by atoms with Crippen LogP contribution in [0.1, 0.15) is 40.0 Å². The van der Waals surface area contributed by atoms with Crippen LogP contribution in [0.3, 0.4) is 0 Å². The van der Waals surface area contributed by atoms with Crippen molar-refractivity contribution in [3.8, 4) is 0 Å². The number of rotatable bonds is 4. The second-order valence-corrected chi connectivity index (χ2v) is 5.13. The predicted molar refractivity (Wildman–Crippen MR) is 65.4 cm³/mol. The minimum absolute atomic E-state index is 0.0160. The van der Waals surface area contributed by atoms with E-state index in [0.717, 1.165) is 19.3 Å². The zero-order valence-corrected chi connectivity index (χ0v) is 11.1. The highest BCUT2D eigenvalue weighted by Gasteiger charge is 2.26. The van der Waals surface area contributed by atoms with Gasteiger partial charge in [-0.25, -0.2) is 0 Å². The van der Waals surface area contributed by atoms with Gasteiger partial charge in [0.05, 0.1) is 12.5 Å². The van der Waals surface area contributed by atoms with E-state index in [0.29, 0.717) is 25.6 Å². The normalized spacial score (nSPS) is 17.3. The zero-order chi connectivity index (χ0) is 12.8. The van der Waals surface area contributed by atoms with Gasteiger partial charge in [0.25, 0.3) is 0 Å². The van der Waals surface area contributed by atoms with Crippen molar-refractivity contribution in [2.45, 2.75) is 40.0 Å². The number of esters is 1. The molecular formula is C13H23NO3. The molecule has 1 saturated heterocycles. The van der Waals surface area contributed by atoms with Gasteiger partial charge in [-0.05, 0) is 25.2 Å². The van der Waals surface area contributed by atoms with E-state index in [9.17, 15) is 9.59 Å². The molecule has 0 aromatic rings. The van der Waals surface area contributed by atoms with Gasteiger partial charge in [-0.3, -0.25) is 9.59 Å². The van der Waals surface area contributed by atoms with Gasteiger partial charge in [-0.15, -0.1) is 0 Å². The molecule has 0 aromatic heterocycles. The fourth-order valence-electron chi connectivity index (χ4n) is 1.94. The molecule has 4 nitrogen and oxygen atoms in total. The molecule has 1 heterocycles. The molecule has 0 bridgehead atoms. The average Bonchev–Trinajstić information content (AvgIpc) is 2.28. The van der Waals surface area contributed by atoms with Crippen molar-refractivity contribution in [3.63, 3.8) is 0 Å². The van der Waals surface area contributed by atoms with Crippen LogP contribution in [0.15, 0.2) is 0 Å². The summed E-state index contributed by atoms with van der Waals surface area (Å²) < 4.78 is 5.25. The maximum atomic E-state index is 11.7. The largest absolute Gasteiger partial charge is 0.465 e. The van der Waals surface area contributed by atoms with E-state index in [1.165, 1.54) is 0 Å². The lowest BCUT2D eigenvalue weighted by Gasteiger charge is -2.30. The fourth-order valence-corrected chi connectivity index (χ4v) is 1.94. The third-order valence-corrected chi connectivity index (χ3v) is 3.21. The van der Waals surface area contributed by atoms with E-state index >= 15 is 0 Å². The minimum Gasteiger partial charge on any atom is -0.465 e. The van der Waals surface area contributed by atoms with Crippen LogP contribution in [-0.4, -0.2) is 36.5 Å². The monoisotopic (exact) mass is 241 g/mol. The summed E-state index contributed by atoms with van der Waals surface area (Å²) in [4.78, 5) is 24.7. The molecule has 1 amide bonds. The maximum Gasteiger partial charge on any atom is 0.309 e. The summed E-state index contributed by atoms with van der Waals surface area (Å²) in [6.07, 6.45) is 2.39. The number of amides is 1. The maximum absolute atomic E-state index is 11.7. The third-order valence-electron chi connectivity index (χ3n) is 3.21. The lowest BCUT2D eigenvalue weighted by atomic mass is 9.97. The molecule has 1 rings (SSSR count). The van der Waals surface area contributed by atoms with Crippen LogP contribution >= 0.6 is 0 Å². The first-order chi connectivity index (χ1) is 8.00. The van der Waals surface area contributed by atoms with Crippen molar-refractivity contribution in [2.24, 2.45) is 11.8 Å². The zero-order valence-electron chi connectivity index (χ0n) is 11.1. The molecule has 98 valence electrons. The number of carbonyl (C=O) groups excluding carboxylic acids is 2. The van der Waals surface area contributed by atoms with Crippen LogP contribution < -0.4 is 0 Å². The van der Waals surface area contributed by atoms with Crippen molar-refractivity contribution in [1.29, 1.82) is 0 Å². The van der Waals surface area contributed by atoms with Crippen molar-refractivity contribution in [1.82, 2.24) is 4.90 Å². The van der Waals surface area contributed by atoms with Gasteiger partial charge >= 0.3 is 5.97 Å². The number of hydrogen-bond acceptors (Lipinski definition) is 3. The van der Waals surface area contributed by atoms with Gasteiger partial charge in [-0.1, -0.05) is 13.8 Å². The molecule has 1 aliphatic heterocycles. The molecular weight excluding hydrogens is 218 g/mol. The molecule has 0 unspecified atom stereocenters. The summed E-state index contributed by atoms with van der Waals surface area (Å²) in [5, 5.41) is 0. The van der Waals surface area contributed by atoms with E-state index in [4.69, 9.17) is 4.74 Å². The lowest BCUT2D eigenvalue weighted by molar-refractivity contribution is -0.151. The number of likely N-dealkylation sites (tertiary alicyclic amines) is 1. The molecule has 0 N–H and O–H groups in total. The Morgan fingerprint density at radius 1 is 1.29 bits per heavy atom. The molecule has 0 aliphatic carbocycles. The summed E-state index contributed by atoms with van der Waals surface area (Å²) in [6.45, 7) is 7.67. The number of hydrogen-bond donors (Lipinski definition) is 0. The Balaban J connectivity index is 2.24. The number of carbonyl (C=O) groups is 2. The van der Waals surface area contributed by atoms with Crippen LogP contribution in [0.5, 0.6) is 0 Å². The molecule has 0 aromatic carbocycles. The van der Waals surface area contributed by atoms with Gasteiger partial charge in [0, 0.05) is 20.0 Å². The van der Waals surface area contributed by atoms with Gasteiger partial charge in [0.15, 0.2) is 0 Å². The quantitative estimate of drug-likeness (QED) is 0.705. The Bertz CT molecular complexity index is 268. The summed E-state index contributed by atoms with van der Waals surface area (Å²) in [7, 11) is 0. The van der Waals surface area contributed by atoms with E-state index in [1.54, 1.807) is 11.8 Å².